The average molecular weight is 273 g/mol. The van der Waals surface area contributed by atoms with Crippen LogP contribution in [-0.4, -0.2) is 17.4 Å². The lowest BCUT2D eigenvalue weighted by Crippen LogP contribution is -2.30. The van der Waals surface area contributed by atoms with E-state index in [9.17, 15) is 4.79 Å². The van der Waals surface area contributed by atoms with Crippen LogP contribution in [0, 0.1) is 13.8 Å². The average Bonchev–Trinajstić information content (AvgIpc) is 2.86. The van der Waals surface area contributed by atoms with E-state index in [2.05, 4.69) is 12.1 Å². The SMILES string of the molecule is CCN(Cc1cccs1)C(=O)c1cc(C)cc(C)c1. The zero-order chi connectivity index (χ0) is 13.8. The van der Waals surface area contributed by atoms with Gasteiger partial charge in [0.1, 0.15) is 0 Å². The summed E-state index contributed by atoms with van der Waals surface area (Å²) in [5.74, 6) is 0.114. The smallest absolute Gasteiger partial charge is 0.254 e. The summed E-state index contributed by atoms with van der Waals surface area (Å²) in [6, 6.07) is 10.1. The van der Waals surface area contributed by atoms with E-state index in [0.29, 0.717) is 6.54 Å². The second-order valence-electron chi connectivity index (χ2n) is 4.78. The number of amides is 1. The number of carbonyl (C=O) groups is 1. The zero-order valence-electron chi connectivity index (χ0n) is 11.6. The van der Waals surface area contributed by atoms with Crippen molar-refractivity contribution in [2.75, 3.05) is 6.54 Å². The first kappa shape index (κ1) is 13.8. The van der Waals surface area contributed by atoms with Crippen molar-refractivity contribution in [3.8, 4) is 0 Å². The van der Waals surface area contributed by atoms with Crippen LogP contribution in [0.1, 0.15) is 33.3 Å². The molecule has 0 unspecified atom stereocenters. The summed E-state index contributed by atoms with van der Waals surface area (Å²) in [5.41, 5.74) is 3.06. The quantitative estimate of drug-likeness (QED) is 0.823. The molecule has 2 rings (SSSR count). The molecular weight excluding hydrogens is 254 g/mol. The summed E-state index contributed by atoms with van der Waals surface area (Å²) in [6.45, 7) is 7.50. The third kappa shape index (κ3) is 3.44. The molecule has 3 heteroatoms. The van der Waals surface area contributed by atoms with Crippen molar-refractivity contribution in [2.24, 2.45) is 0 Å². The molecule has 0 fully saturated rings. The first-order valence-corrected chi connectivity index (χ1v) is 7.38. The first-order chi connectivity index (χ1) is 9.10. The molecule has 0 aliphatic rings. The predicted octanol–water partition coefficient (Wildman–Crippen LogP) is 4.03. The molecule has 2 nitrogen and oxygen atoms in total. The van der Waals surface area contributed by atoms with Crippen LogP contribution < -0.4 is 0 Å². The van der Waals surface area contributed by atoms with E-state index in [-0.39, 0.29) is 5.91 Å². The molecule has 0 bridgehead atoms. The highest BCUT2D eigenvalue weighted by atomic mass is 32.1. The number of rotatable bonds is 4. The van der Waals surface area contributed by atoms with E-state index >= 15 is 0 Å². The first-order valence-electron chi connectivity index (χ1n) is 6.50. The minimum atomic E-state index is 0.114. The lowest BCUT2D eigenvalue weighted by molar-refractivity contribution is 0.0754. The van der Waals surface area contributed by atoms with Crippen molar-refractivity contribution >= 4 is 17.2 Å². The second kappa shape index (κ2) is 6.02. The van der Waals surface area contributed by atoms with Crippen LogP contribution in [0.4, 0.5) is 0 Å². The van der Waals surface area contributed by atoms with E-state index in [1.54, 1.807) is 11.3 Å². The van der Waals surface area contributed by atoms with Crippen LogP contribution in [0.5, 0.6) is 0 Å². The van der Waals surface area contributed by atoms with E-state index in [0.717, 1.165) is 23.2 Å². The van der Waals surface area contributed by atoms with Gasteiger partial charge in [-0.3, -0.25) is 4.79 Å². The van der Waals surface area contributed by atoms with Crippen molar-refractivity contribution in [3.63, 3.8) is 0 Å². The van der Waals surface area contributed by atoms with Gasteiger partial charge in [-0.05, 0) is 44.4 Å². The van der Waals surface area contributed by atoms with Crippen molar-refractivity contribution < 1.29 is 4.79 Å². The minimum absolute atomic E-state index is 0.114. The normalized spacial score (nSPS) is 10.5. The molecule has 0 aliphatic carbocycles. The highest BCUT2D eigenvalue weighted by Gasteiger charge is 2.15. The highest BCUT2D eigenvalue weighted by Crippen LogP contribution is 2.16. The second-order valence-corrected chi connectivity index (χ2v) is 5.81. The Morgan fingerprint density at radius 1 is 1.21 bits per heavy atom. The maximum Gasteiger partial charge on any atom is 0.254 e. The van der Waals surface area contributed by atoms with Gasteiger partial charge in [-0.1, -0.05) is 23.3 Å². The number of aryl methyl sites for hydroxylation is 2. The molecule has 1 aromatic heterocycles. The Morgan fingerprint density at radius 2 is 1.89 bits per heavy atom. The zero-order valence-corrected chi connectivity index (χ0v) is 12.5. The van der Waals surface area contributed by atoms with E-state index in [4.69, 9.17) is 0 Å². The molecule has 0 aliphatic heterocycles. The van der Waals surface area contributed by atoms with Crippen LogP contribution in [0.25, 0.3) is 0 Å². The molecule has 1 amide bonds. The third-order valence-corrected chi connectivity index (χ3v) is 3.93. The molecule has 2 aromatic rings. The molecular formula is C16H19NOS. The van der Waals surface area contributed by atoms with Gasteiger partial charge < -0.3 is 4.90 Å². The monoisotopic (exact) mass is 273 g/mol. The summed E-state index contributed by atoms with van der Waals surface area (Å²) >= 11 is 1.69. The largest absolute Gasteiger partial charge is 0.334 e. The fourth-order valence-electron chi connectivity index (χ4n) is 2.20. The van der Waals surface area contributed by atoms with E-state index < -0.39 is 0 Å². The standard InChI is InChI=1S/C16H19NOS/c1-4-17(11-15-6-5-7-19-15)16(18)14-9-12(2)8-13(3)10-14/h5-10H,4,11H2,1-3H3. The van der Waals surface area contributed by atoms with Gasteiger partial charge >= 0.3 is 0 Å². The summed E-state index contributed by atoms with van der Waals surface area (Å²) in [4.78, 5) is 15.6. The Morgan fingerprint density at radius 3 is 2.42 bits per heavy atom. The van der Waals surface area contributed by atoms with Gasteiger partial charge in [0.15, 0.2) is 0 Å². The van der Waals surface area contributed by atoms with Crippen molar-refractivity contribution in [3.05, 3.63) is 57.3 Å². The Kier molecular flexibility index (Phi) is 4.38. The predicted molar refractivity (Wildman–Crippen MR) is 80.6 cm³/mol. The van der Waals surface area contributed by atoms with Crippen LogP contribution in [-0.2, 0) is 6.54 Å². The van der Waals surface area contributed by atoms with Crippen LogP contribution in [0.3, 0.4) is 0 Å². The molecule has 0 spiro atoms. The fourth-order valence-corrected chi connectivity index (χ4v) is 2.92. The molecule has 0 saturated carbocycles. The molecule has 19 heavy (non-hydrogen) atoms. The Bertz CT molecular complexity index is 540. The number of thiophene rings is 1. The molecule has 0 atom stereocenters. The van der Waals surface area contributed by atoms with Gasteiger partial charge in [-0.2, -0.15) is 0 Å². The van der Waals surface area contributed by atoms with Gasteiger partial charge in [0.2, 0.25) is 0 Å². The summed E-state index contributed by atoms with van der Waals surface area (Å²) in [5, 5.41) is 2.05. The van der Waals surface area contributed by atoms with Gasteiger partial charge in [0.05, 0.1) is 6.54 Å². The van der Waals surface area contributed by atoms with Crippen LogP contribution in [0.15, 0.2) is 35.7 Å². The van der Waals surface area contributed by atoms with E-state index in [1.807, 2.05) is 49.3 Å². The van der Waals surface area contributed by atoms with Gasteiger partial charge in [-0.15, -0.1) is 11.3 Å². The molecule has 0 N–H and O–H groups in total. The number of carbonyl (C=O) groups excluding carboxylic acids is 1. The minimum Gasteiger partial charge on any atom is -0.334 e. The van der Waals surface area contributed by atoms with Crippen molar-refractivity contribution in [2.45, 2.75) is 27.3 Å². The Labute approximate surface area is 118 Å². The van der Waals surface area contributed by atoms with Crippen molar-refractivity contribution in [1.82, 2.24) is 4.90 Å². The number of hydrogen-bond acceptors (Lipinski definition) is 2. The lowest BCUT2D eigenvalue weighted by atomic mass is 10.1. The number of nitrogens with zero attached hydrogens (tertiary/aromatic N) is 1. The number of hydrogen-bond donors (Lipinski definition) is 0. The lowest BCUT2D eigenvalue weighted by Gasteiger charge is -2.20. The number of benzene rings is 1. The third-order valence-electron chi connectivity index (χ3n) is 3.06. The van der Waals surface area contributed by atoms with Crippen LogP contribution >= 0.6 is 11.3 Å². The summed E-state index contributed by atoms with van der Waals surface area (Å²) < 4.78 is 0. The molecule has 1 heterocycles. The van der Waals surface area contributed by atoms with Crippen molar-refractivity contribution in [1.29, 1.82) is 0 Å². The van der Waals surface area contributed by atoms with E-state index in [1.165, 1.54) is 4.88 Å². The summed E-state index contributed by atoms with van der Waals surface area (Å²) in [7, 11) is 0. The maximum absolute atomic E-state index is 12.5. The molecule has 0 radical (unpaired) electrons. The topological polar surface area (TPSA) is 20.3 Å². The maximum atomic E-state index is 12.5. The molecule has 1 aromatic carbocycles. The van der Waals surface area contributed by atoms with Gasteiger partial charge in [0, 0.05) is 17.0 Å². The Hall–Kier alpha value is -1.61. The van der Waals surface area contributed by atoms with Gasteiger partial charge in [0.25, 0.3) is 5.91 Å². The summed E-state index contributed by atoms with van der Waals surface area (Å²) in [6.07, 6.45) is 0. The molecule has 0 saturated heterocycles. The Balaban J connectivity index is 2.20. The fraction of sp³-hybridized carbons (Fsp3) is 0.312. The van der Waals surface area contributed by atoms with Crippen LogP contribution in [0.2, 0.25) is 0 Å². The highest BCUT2D eigenvalue weighted by molar-refractivity contribution is 7.09. The van der Waals surface area contributed by atoms with Gasteiger partial charge in [-0.25, -0.2) is 0 Å². The molecule has 100 valence electrons.